The Hall–Kier alpha value is -0.270. The quantitative estimate of drug-likeness (QED) is 0.388. The van der Waals surface area contributed by atoms with E-state index < -0.39 is 21.4 Å². The fraction of sp³-hybridized carbons (Fsp3) is 0.538. The summed E-state index contributed by atoms with van der Waals surface area (Å²) in [7, 11) is 1.82. The minimum absolute atomic E-state index is 0.162. The molecule has 0 aromatic heterocycles. The van der Waals surface area contributed by atoms with Gasteiger partial charge in [-0.3, -0.25) is 15.0 Å². The van der Waals surface area contributed by atoms with Crippen LogP contribution >= 0.6 is 50.7 Å². The van der Waals surface area contributed by atoms with E-state index in [1.165, 1.54) is 0 Å². The highest BCUT2D eigenvalue weighted by molar-refractivity contribution is 9.10. The second kappa shape index (κ2) is 5.38. The number of fused-ring (bicyclic) bond motifs is 3. The summed E-state index contributed by atoms with van der Waals surface area (Å²) in [5.74, 6) is 0.117. The summed E-state index contributed by atoms with van der Waals surface area (Å²) in [5, 5.41) is 12.0. The van der Waals surface area contributed by atoms with Crippen molar-refractivity contribution in [2.75, 3.05) is 20.1 Å². The lowest BCUT2D eigenvalue weighted by Crippen LogP contribution is -2.63. The summed E-state index contributed by atoms with van der Waals surface area (Å²) in [6.07, 6.45) is -1.16. The van der Waals surface area contributed by atoms with Crippen molar-refractivity contribution in [1.82, 2.24) is 4.90 Å². The lowest BCUT2D eigenvalue weighted by atomic mass is 9.76. The number of hydrogen-bond acceptors (Lipinski definition) is 4. The highest BCUT2D eigenvalue weighted by atomic mass is 79.9. The third-order valence-electron chi connectivity index (χ3n) is 4.30. The average molecular weight is 431 g/mol. The SMILES string of the molecule is CN1C[C@H]2c3cc(Br)ccc3O[C@@H](C(Cl)(Cl)Cl)[C@@]2([N+](=O)[O-])C1. The Kier molecular flexibility index (Phi) is 4.06. The zero-order valence-electron chi connectivity index (χ0n) is 11.4. The van der Waals surface area contributed by atoms with Crippen molar-refractivity contribution in [3.8, 4) is 5.75 Å². The number of likely N-dealkylation sites (N-methyl/N-ethyl adjacent to an activating group) is 1. The number of halogens is 4. The minimum Gasteiger partial charge on any atom is -0.478 e. The minimum atomic E-state index is -1.90. The van der Waals surface area contributed by atoms with Crippen molar-refractivity contribution in [2.24, 2.45) is 0 Å². The van der Waals surface area contributed by atoms with E-state index in [9.17, 15) is 10.1 Å². The molecule has 1 saturated heterocycles. The molecule has 0 radical (unpaired) electrons. The Morgan fingerprint density at radius 2 is 2.18 bits per heavy atom. The van der Waals surface area contributed by atoms with Gasteiger partial charge < -0.3 is 4.74 Å². The van der Waals surface area contributed by atoms with Gasteiger partial charge in [0, 0.05) is 21.5 Å². The van der Waals surface area contributed by atoms with E-state index in [2.05, 4.69) is 15.9 Å². The van der Waals surface area contributed by atoms with Gasteiger partial charge in [-0.15, -0.1) is 0 Å². The number of ether oxygens (including phenoxy) is 1. The first-order valence-electron chi connectivity index (χ1n) is 6.52. The summed E-state index contributed by atoms with van der Waals surface area (Å²) in [6.45, 7) is 0.667. The molecular formula is C13H12BrCl3N2O3. The summed E-state index contributed by atoms with van der Waals surface area (Å²) in [4.78, 5) is 13.5. The van der Waals surface area contributed by atoms with E-state index in [0.717, 1.165) is 10.0 Å². The molecule has 3 atom stereocenters. The van der Waals surface area contributed by atoms with Crippen LogP contribution in [-0.4, -0.2) is 45.4 Å². The van der Waals surface area contributed by atoms with Crippen LogP contribution in [0.5, 0.6) is 5.75 Å². The fourth-order valence-corrected chi connectivity index (χ4v) is 4.55. The molecule has 1 aromatic carbocycles. The predicted molar refractivity (Wildman–Crippen MR) is 88.8 cm³/mol. The van der Waals surface area contributed by atoms with Crippen LogP contribution < -0.4 is 4.74 Å². The van der Waals surface area contributed by atoms with Crippen LogP contribution in [0, 0.1) is 10.1 Å². The van der Waals surface area contributed by atoms with E-state index in [4.69, 9.17) is 39.5 Å². The third kappa shape index (κ3) is 2.40. The molecule has 2 aliphatic heterocycles. The normalized spacial score (nSPS) is 31.3. The number of nitrogens with zero attached hydrogens (tertiary/aromatic N) is 2. The molecule has 1 fully saturated rings. The fourth-order valence-electron chi connectivity index (χ4n) is 3.47. The monoisotopic (exact) mass is 428 g/mol. The maximum absolute atomic E-state index is 12.0. The van der Waals surface area contributed by atoms with Gasteiger partial charge >= 0.3 is 0 Å². The molecule has 120 valence electrons. The first-order valence-corrected chi connectivity index (χ1v) is 8.45. The molecule has 22 heavy (non-hydrogen) atoms. The van der Waals surface area contributed by atoms with Crippen molar-refractivity contribution < 1.29 is 9.66 Å². The molecule has 5 nitrogen and oxygen atoms in total. The summed E-state index contributed by atoms with van der Waals surface area (Å²) in [6, 6.07) is 5.38. The van der Waals surface area contributed by atoms with Crippen LogP contribution in [0.2, 0.25) is 0 Å². The van der Waals surface area contributed by atoms with Crippen LogP contribution in [-0.2, 0) is 0 Å². The molecule has 0 aliphatic carbocycles. The lowest BCUT2D eigenvalue weighted by molar-refractivity contribution is -0.581. The van der Waals surface area contributed by atoms with Crippen molar-refractivity contribution >= 4 is 50.7 Å². The van der Waals surface area contributed by atoms with Crippen molar-refractivity contribution in [3.05, 3.63) is 38.3 Å². The van der Waals surface area contributed by atoms with Crippen LogP contribution in [0.25, 0.3) is 0 Å². The van der Waals surface area contributed by atoms with Gasteiger partial charge in [0.05, 0.1) is 12.5 Å². The molecule has 3 rings (SSSR count). The Morgan fingerprint density at radius 3 is 2.77 bits per heavy atom. The smallest absolute Gasteiger partial charge is 0.282 e. The topological polar surface area (TPSA) is 55.6 Å². The number of nitro groups is 1. The maximum Gasteiger partial charge on any atom is 0.282 e. The van der Waals surface area contributed by atoms with Gasteiger partial charge in [0.25, 0.3) is 5.54 Å². The van der Waals surface area contributed by atoms with Crippen LogP contribution in [0.3, 0.4) is 0 Å². The first-order chi connectivity index (χ1) is 10.2. The number of likely N-dealkylation sites (tertiary alicyclic amines) is 1. The lowest BCUT2D eigenvalue weighted by Gasteiger charge is -2.41. The maximum atomic E-state index is 12.0. The van der Waals surface area contributed by atoms with E-state index in [1.54, 1.807) is 12.1 Å². The Morgan fingerprint density at radius 1 is 1.50 bits per heavy atom. The van der Waals surface area contributed by atoms with Gasteiger partial charge in [0.1, 0.15) is 5.75 Å². The van der Waals surface area contributed by atoms with Crippen LogP contribution in [0.4, 0.5) is 0 Å². The van der Waals surface area contributed by atoms with Gasteiger partial charge in [-0.05, 0) is 25.2 Å². The highest BCUT2D eigenvalue weighted by Crippen LogP contribution is 2.54. The second-order valence-electron chi connectivity index (χ2n) is 5.72. The second-order valence-corrected chi connectivity index (χ2v) is 9.00. The molecule has 1 aromatic rings. The van der Waals surface area contributed by atoms with E-state index in [1.807, 2.05) is 18.0 Å². The highest BCUT2D eigenvalue weighted by Gasteiger charge is 2.70. The Balaban J connectivity index is 2.23. The van der Waals surface area contributed by atoms with Crippen molar-refractivity contribution in [1.29, 1.82) is 0 Å². The molecule has 0 saturated carbocycles. The van der Waals surface area contributed by atoms with Gasteiger partial charge in [0.15, 0.2) is 0 Å². The van der Waals surface area contributed by atoms with E-state index in [-0.39, 0.29) is 11.5 Å². The summed E-state index contributed by atoms with van der Waals surface area (Å²) in [5.41, 5.74) is -0.728. The van der Waals surface area contributed by atoms with Crippen molar-refractivity contribution in [2.45, 2.75) is 21.4 Å². The van der Waals surface area contributed by atoms with E-state index in [0.29, 0.717) is 12.3 Å². The molecular weight excluding hydrogens is 418 g/mol. The standard InChI is InChI=1S/C13H12BrCl3N2O3/c1-18-5-9-8-4-7(14)2-3-10(8)22-11(13(15,16)17)12(9,6-18)19(20)21/h2-4,9,11H,5-6H2,1H3/t9-,11+,12+/m0/s1. The molecule has 0 spiro atoms. The number of hydrogen-bond donors (Lipinski definition) is 0. The average Bonchev–Trinajstić information content (AvgIpc) is 2.75. The van der Waals surface area contributed by atoms with Gasteiger partial charge in [-0.2, -0.15) is 0 Å². The predicted octanol–water partition coefficient (Wildman–Crippen LogP) is 3.62. The molecule has 9 heteroatoms. The van der Waals surface area contributed by atoms with Gasteiger partial charge in [0.2, 0.25) is 9.90 Å². The number of benzene rings is 1. The zero-order chi connectivity index (χ0) is 16.3. The van der Waals surface area contributed by atoms with E-state index >= 15 is 0 Å². The zero-order valence-corrected chi connectivity index (χ0v) is 15.3. The third-order valence-corrected chi connectivity index (χ3v) is 5.39. The molecule has 0 bridgehead atoms. The number of alkyl halides is 3. The molecule has 0 amide bonds. The van der Waals surface area contributed by atoms with Gasteiger partial charge in [-0.25, -0.2) is 0 Å². The van der Waals surface area contributed by atoms with Crippen LogP contribution in [0.1, 0.15) is 11.5 Å². The molecule has 2 aliphatic rings. The Bertz CT molecular complexity index is 639. The molecule has 0 N–H and O–H groups in total. The molecule has 0 unspecified atom stereocenters. The Labute approximate surface area is 150 Å². The van der Waals surface area contributed by atoms with Gasteiger partial charge in [-0.1, -0.05) is 50.7 Å². The van der Waals surface area contributed by atoms with Crippen molar-refractivity contribution in [3.63, 3.8) is 0 Å². The molecule has 2 heterocycles. The number of rotatable bonds is 1. The first kappa shape index (κ1) is 16.6. The largest absolute Gasteiger partial charge is 0.478 e. The van der Waals surface area contributed by atoms with Crippen LogP contribution in [0.15, 0.2) is 22.7 Å². The summed E-state index contributed by atoms with van der Waals surface area (Å²) >= 11 is 21.5. The summed E-state index contributed by atoms with van der Waals surface area (Å²) < 4.78 is 4.72.